The third-order valence-electron chi connectivity index (χ3n) is 3.65. The number of hydrogen-bond acceptors (Lipinski definition) is 2. The Hall–Kier alpha value is -2.62. The van der Waals surface area contributed by atoms with Gasteiger partial charge in [0.15, 0.2) is 0 Å². The van der Waals surface area contributed by atoms with E-state index < -0.39 is 0 Å². The van der Waals surface area contributed by atoms with Crippen LogP contribution in [0.5, 0.6) is 0 Å². The minimum Gasteiger partial charge on any atom is -0.347 e. The van der Waals surface area contributed by atoms with E-state index in [9.17, 15) is 4.79 Å². The molecule has 4 heteroatoms. The van der Waals surface area contributed by atoms with Crippen LogP contribution in [0.3, 0.4) is 0 Å². The van der Waals surface area contributed by atoms with Crippen molar-refractivity contribution in [2.75, 3.05) is 7.05 Å². The number of fused-ring (bicyclic) bond motifs is 1. The van der Waals surface area contributed by atoms with Gasteiger partial charge in [0.25, 0.3) is 5.91 Å². The van der Waals surface area contributed by atoms with Gasteiger partial charge in [-0.25, -0.2) is 0 Å². The summed E-state index contributed by atoms with van der Waals surface area (Å²) in [5.74, 6) is 0.0170. The second-order valence-electron chi connectivity index (χ2n) is 5.15. The maximum Gasteiger partial charge on any atom is 0.270 e. The van der Waals surface area contributed by atoms with Gasteiger partial charge in [-0.2, -0.15) is 0 Å². The molecule has 0 aliphatic carbocycles. The van der Waals surface area contributed by atoms with Gasteiger partial charge in [-0.05, 0) is 29.8 Å². The molecule has 0 bridgehead atoms. The van der Waals surface area contributed by atoms with Gasteiger partial charge in [0.2, 0.25) is 0 Å². The molecule has 0 N–H and O–H groups in total. The number of carbonyl (C=O) groups is 1. The summed E-state index contributed by atoms with van der Waals surface area (Å²) < 4.78 is 1.84. The number of hydrogen-bond donors (Lipinski definition) is 0. The molecule has 21 heavy (non-hydrogen) atoms. The lowest BCUT2D eigenvalue weighted by Gasteiger charge is -2.18. The number of amides is 1. The summed E-state index contributed by atoms with van der Waals surface area (Å²) >= 11 is 0. The number of carbonyl (C=O) groups excluding carboxylic acids is 1. The predicted molar refractivity (Wildman–Crippen MR) is 83.0 cm³/mol. The molecule has 0 aliphatic rings. The summed E-state index contributed by atoms with van der Waals surface area (Å²) in [5, 5.41) is 1.09. The molecule has 1 aromatic carbocycles. The van der Waals surface area contributed by atoms with Crippen LogP contribution in [0.2, 0.25) is 0 Å². The zero-order valence-corrected chi connectivity index (χ0v) is 12.2. The van der Waals surface area contributed by atoms with Crippen LogP contribution >= 0.6 is 0 Å². The Morgan fingerprint density at radius 3 is 2.81 bits per heavy atom. The van der Waals surface area contributed by atoms with Crippen LogP contribution in [-0.2, 0) is 13.6 Å². The van der Waals surface area contributed by atoms with E-state index in [-0.39, 0.29) is 5.91 Å². The van der Waals surface area contributed by atoms with Gasteiger partial charge >= 0.3 is 0 Å². The van der Waals surface area contributed by atoms with Crippen molar-refractivity contribution in [1.29, 1.82) is 0 Å². The van der Waals surface area contributed by atoms with Gasteiger partial charge in [-0.3, -0.25) is 9.78 Å². The first-order valence-electron chi connectivity index (χ1n) is 6.86. The molecule has 106 valence electrons. The van der Waals surface area contributed by atoms with Crippen LogP contribution in [-0.4, -0.2) is 27.4 Å². The van der Waals surface area contributed by atoms with Gasteiger partial charge in [0.1, 0.15) is 5.69 Å². The van der Waals surface area contributed by atoms with Gasteiger partial charge < -0.3 is 9.47 Å². The summed E-state index contributed by atoms with van der Waals surface area (Å²) in [4.78, 5) is 18.5. The number of aryl methyl sites for hydroxylation is 1. The Labute approximate surface area is 123 Å². The van der Waals surface area contributed by atoms with Crippen molar-refractivity contribution in [3.05, 3.63) is 66.1 Å². The van der Waals surface area contributed by atoms with Crippen LogP contribution < -0.4 is 0 Å². The fourth-order valence-electron chi connectivity index (χ4n) is 2.51. The van der Waals surface area contributed by atoms with E-state index in [2.05, 4.69) is 4.98 Å². The molecule has 0 saturated carbocycles. The molecule has 3 rings (SSSR count). The number of benzene rings is 1. The highest BCUT2D eigenvalue weighted by Crippen LogP contribution is 2.18. The Morgan fingerprint density at radius 2 is 2.05 bits per heavy atom. The summed E-state index contributed by atoms with van der Waals surface area (Å²) in [6, 6.07) is 13.7. The van der Waals surface area contributed by atoms with E-state index in [4.69, 9.17) is 0 Å². The average molecular weight is 279 g/mol. The van der Waals surface area contributed by atoms with E-state index >= 15 is 0 Å². The van der Waals surface area contributed by atoms with Crippen molar-refractivity contribution in [2.45, 2.75) is 6.54 Å². The van der Waals surface area contributed by atoms with E-state index in [0.29, 0.717) is 12.2 Å². The summed E-state index contributed by atoms with van der Waals surface area (Å²) in [6.07, 6.45) is 3.66. The van der Waals surface area contributed by atoms with E-state index in [0.717, 1.165) is 16.5 Å². The molecular weight excluding hydrogens is 262 g/mol. The molecule has 2 aromatic heterocycles. The molecule has 1 amide bonds. The molecule has 0 fully saturated rings. The lowest BCUT2D eigenvalue weighted by molar-refractivity contribution is 0.0776. The lowest BCUT2D eigenvalue weighted by atomic mass is 10.1. The predicted octanol–water partition coefficient (Wildman–Crippen LogP) is 2.85. The molecular formula is C17H17N3O. The second-order valence-corrected chi connectivity index (χ2v) is 5.15. The van der Waals surface area contributed by atoms with Crippen LogP contribution in [0.15, 0.2) is 54.9 Å². The molecule has 2 heterocycles. The fraction of sp³-hybridized carbons (Fsp3) is 0.176. The highest BCUT2D eigenvalue weighted by molar-refractivity contribution is 5.93. The molecule has 0 aliphatic heterocycles. The molecule has 0 atom stereocenters. The average Bonchev–Trinajstić information content (AvgIpc) is 2.93. The van der Waals surface area contributed by atoms with Gasteiger partial charge in [-0.15, -0.1) is 0 Å². The van der Waals surface area contributed by atoms with Crippen molar-refractivity contribution >= 4 is 16.8 Å². The first-order chi connectivity index (χ1) is 10.2. The van der Waals surface area contributed by atoms with Crippen molar-refractivity contribution in [1.82, 2.24) is 14.5 Å². The summed E-state index contributed by atoms with van der Waals surface area (Å²) in [6.45, 7) is 0.563. The van der Waals surface area contributed by atoms with Crippen LogP contribution in [0.4, 0.5) is 0 Å². The normalized spacial score (nSPS) is 10.8. The van der Waals surface area contributed by atoms with Gasteiger partial charge in [-0.1, -0.05) is 18.2 Å². The van der Waals surface area contributed by atoms with E-state index in [1.807, 2.05) is 67.3 Å². The quantitative estimate of drug-likeness (QED) is 0.739. The van der Waals surface area contributed by atoms with Crippen LogP contribution in [0.25, 0.3) is 10.9 Å². The fourth-order valence-corrected chi connectivity index (χ4v) is 2.51. The summed E-state index contributed by atoms with van der Waals surface area (Å²) in [5.41, 5.74) is 2.75. The molecule has 0 spiro atoms. The Kier molecular flexibility index (Phi) is 3.44. The molecule has 0 saturated heterocycles. The topological polar surface area (TPSA) is 38.1 Å². The van der Waals surface area contributed by atoms with E-state index in [1.54, 1.807) is 11.1 Å². The zero-order valence-electron chi connectivity index (χ0n) is 12.2. The Bertz CT molecular complexity index is 786. The highest BCUT2D eigenvalue weighted by atomic mass is 16.2. The summed E-state index contributed by atoms with van der Waals surface area (Å²) in [7, 11) is 3.70. The molecule has 3 aromatic rings. The van der Waals surface area contributed by atoms with Gasteiger partial charge in [0, 0.05) is 38.4 Å². The Balaban J connectivity index is 1.88. The maximum absolute atomic E-state index is 12.5. The van der Waals surface area contributed by atoms with Crippen molar-refractivity contribution in [3.63, 3.8) is 0 Å². The van der Waals surface area contributed by atoms with Gasteiger partial charge in [0.05, 0.1) is 5.52 Å². The molecule has 0 radical (unpaired) electrons. The third-order valence-corrected chi connectivity index (χ3v) is 3.65. The standard InChI is InChI=1S/C17H17N3O/c1-19-11-5-9-16(19)17(21)20(2)12-13-6-3-8-15-14(13)7-4-10-18-15/h3-11H,12H2,1-2H3. The van der Waals surface area contributed by atoms with E-state index in [1.165, 1.54) is 0 Å². The molecule has 0 unspecified atom stereocenters. The zero-order chi connectivity index (χ0) is 14.8. The number of aromatic nitrogens is 2. The van der Waals surface area contributed by atoms with Crippen molar-refractivity contribution < 1.29 is 4.79 Å². The number of pyridine rings is 1. The first kappa shape index (κ1) is 13.4. The largest absolute Gasteiger partial charge is 0.347 e. The monoisotopic (exact) mass is 279 g/mol. The molecule has 4 nitrogen and oxygen atoms in total. The Morgan fingerprint density at radius 1 is 1.19 bits per heavy atom. The minimum atomic E-state index is 0.0170. The SMILES string of the molecule is CN(Cc1cccc2ncccc12)C(=O)c1cccn1C. The van der Waals surface area contributed by atoms with Crippen LogP contribution in [0, 0.1) is 0 Å². The minimum absolute atomic E-state index is 0.0170. The number of rotatable bonds is 3. The maximum atomic E-state index is 12.5. The van der Waals surface area contributed by atoms with Crippen molar-refractivity contribution in [3.8, 4) is 0 Å². The number of nitrogens with zero attached hydrogens (tertiary/aromatic N) is 3. The second kappa shape index (κ2) is 5.40. The highest BCUT2D eigenvalue weighted by Gasteiger charge is 2.15. The first-order valence-corrected chi connectivity index (χ1v) is 6.86. The smallest absolute Gasteiger partial charge is 0.270 e. The van der Waals surface area contributed by atoms with Crippen molar-refractivity contribution in [2.24, 2.45) is 7.05 Å². The lowest BCUT2D eigenvalue weighted by Crippen LogP contribution is -2.27. The third kappa shape index (κ3) is 2.52. The van der Waals surface area contributed by atoms with Crippen LogP contribution in [0.1, 0.15) is 16.1 Å².